The van der Waals surface area contributed by atoms with E-state index >= 15 is 0 Å². The Morgan fingerprint density at radius 1 is 1.29 bits per heavy atom. The number of carbonyl (C=O) groups excluding carboxylic acids is 2. The van der Waals surface area contributed by atoms with Crippen LogP contribution < -0.4 is 10.6 Å². The zero-order valence-electron chi connectivity index (χ0n) is 11.9. The number of carbonyl (C=O) groups is 2. The third kappa shape index (κ3) is 12.1. The largest absolute Gasteiger partial charge is 0.469 e. The standard InChI is InChI=1S/C11H22N3O6P/c1-3-10(15)14(2)8-4-6-12-11(16)13-7-5-9-20-21(17,18)19/h3H,1,4-9H2,2H3,(H2,12,13,16)(H2,17,18,19). The molecule has 0 fully saturated rings. The Labute approximate surface area is 123 Å². The van der Waals surface area contributed by atoms with E-state index in [0.717, 1.165) is 0 Å². The molecule has 9 nitrogen and oxygen atoms in total. The molecule has 122 valence electrons. The summed E-state index contributed by atoms with van der Waals surface area (Å²) < 4.78 is 14.6. The van der Waals surface area contributed by atoms with Gasteiger partial charge in [-0.05, 0) is 18.9 Å². The van der Waals surface area contributed by atoms with Gasteiger partial charge in [0.2, 0.25) is 5.91 Å². The van der Waals surface area contributed by atoms with E-state index in [1.807, 2.05) is 0 Å². The first-order valence-electron chi connectivity index (χ1n) is 6.35. The van der Waals surface area contributed by atoms with Crippen molar-refractivity contribution in [2.24, 2.45) is 0 Å². The molecule has 0 unspecified atom stereocenters. The Hall–Kier alpha value is -1.41. The zero-order chi connectivity index (χ0) is 16.3. The number of likely N-dealkylation sites (N-methyl/N-ethyl adjacent to an activating group) is 1. The fourth-order valence-electron chi connectivity index (χ4n) is 1.30. The predicted molar refractivity (Wildman–Crippen MR) is 76.5 cm³/mol. The molecule has 4 N–H and O–H groups in total. The van der Waals surface area contributed by atoms with Gasteiger partial charge in [-0.1, -0.05) is 6.58 Å². The monoisotopic (exact) mass is 323 g/mol. The second-order valence-corrected chi connectivity index (χ2v) is 5.42. The Morgan fingerprint density at radius 2 is 1.86 bits per heavy atom. The van der Waals surface area contributed by atoms with Crippen molar-refractivity contribution >= 4 is 19.8 Å². The van der Waals surface area contributed by atoms with E-state index < -0.39 is 7.82 Å². The second kappa shape index (κ2) is 10.3. The van der Waals surface area contributed by atoms with Crippen LogP contribution in [0.5, 0.6) is 0 Å². The number of phosphoric ester groups is 1. The highest BCUT2D eigenvalue weighted by Crippen LogP contribution is 2.35. The number of rotatable bonds is 10. The summed E-state index contributed by atoms with van der Waals surface area (Å²) in [5.74, 6) is -0.176. The lowest BCUT2D eigenvalue weighted by molar-refractivity contribution is -0.124. The molecule has 0 atom stereocenters. The maximum atomic E-state index is 11.3. The van der Waals surface area contributed by atoms with E-state index in [2.05, 4.69) is 21.7 Å². The van der Waals surface area contributed by atoms with E-state index in [9.17, 15) is 14.2 Å². The average Bonchev–Trinajstić information content (AvgIpc) is 2.40. The number of hydrogen-bond acceptors (Lipinski definition) is 4. The molecule has 10 heteroatoms. The van der Waals surface area contributed by atoms with E-state index in [-0.39, 0.29) is 31.5 Å². The van der Waals surface area contributed by atoms with Crippen molar-refractivity contribution in [1.29, 1.82) is 0 Å². The molecular formula is C11H22N3O6P. The zero-order valence-corrected chi connectivity index (χ0v) is 12.8. The molecule has 0 saturated carbocycles. The SMILES string of the molecule is C=CC(=O)N(C)CCCNC(=O)NCCCOP(=O)(O)O. The third-order valence-corrected chi connectivity index (χ3v) is 2.89. The van der Waals surface area contributed by atoms with Crippen LogP contribution in [0.25, 0.3) is 0 Å². The van der Waals surface area contributed by atoms with E-state index in [1.165, 1.54) is 11.0 Å². The van der Waals surface area contributed by atoms with Crippen LogP contribution >= 0.6 is 7.82 Å². The molecule has 0 aromatic carbocycles. The molecular weight excluding hydrogens is 301 g/mol. The van der Waals surface area contributed by atoms with Gasteiger partial charge < -0.3 is 25.3 Å². The van der Waals surface area contributed by atoms with Gasteiger partial charge in [-0.3, -0.25) is 9.32 Å². The minimum absolute atomic E-state index is 0.140. The molecule has 0 aliphatic carbocycles. The summed E-state index contributed by atoms with van der Waals surface area (Å²) >= 11 is 0. The summed E-state index contributed by atoms with van der Waals surface area (Å²) in [6, 6.07) is -0.385. The highest BCUT2D eigenvalue weighted by Gasteiger charge is 2.12. The number of amides is 3. The van der Waals surface area contributed by atoms with E-state index in [0.29, 0.717) is 19.5 Å². The van der Waals surface area contributed by atoms with Crippen molar-refractivity contribution in [2.75, 3.05) is 33.3 Å². The molecule has 21 heavy (non-hydrogen) atoms. The van der Waals surface area contributed by atoms with Crippen LogP contribution in [-0.2, 0) is 13.9 Å². The van der Waals surface area contributed by atoms with Crippen molar-refractivity contribution in [1.82, 2.24) is 15.5 Å². The van der Waals surface area contributed by atoms with Crippen LogP contribution in [0, 0.1) is 0 Å². The fourth-order valence-corrected chi connectivity index (χ4v) is 1.67. The van der Waals surface area contributed by atoms with Crippen molar-refractivity contribution in [3.05, 3.63) is 12.7 Å². The summed E-state index contributed by atoms with van der Waals surface area (Å²) in [5.41, 5.74) is 0. The Bertz CT molecular complexity index is 397. The minimum atomic E-state index is -4.44. The second-order valence-electron chi connectivity index (χ2n) is 4.18. The molecule has 3 amide bonds. The first-order chi connectivity index (χ1) is 9.76. The molecule has 0 rings (SSSR count). The van der Waals surface area contributed by atoms with Crippen LogP contribution in [0.2, 0.25) is 0 Å². The van der Waals surface area contributed by atoms with Gasteiger partial charge in [0.1, 0.15) is 0 Å². The Kier molecular flexibility index (Phi) is 9.64. The Balaban J connectivity index is 3.53. The summed E-state index contributed by atoms with van der Waals surface area (Å²) in [7, 11) is -2.80. The molecule has 0 spiro atoms. The molecule has 0 aliphatic rings. The van der Waals surface area contributed by atoms with Gasteiger partial charge in [0.05, 0.1) is 6.61 Å². The molecule has 0 heterocycles. The fraction of sp³-hybridized carbons (Fsp3) is 0.636. The Morgan fingerprint density at radius 3 is 2.38 bits per heavy atom. The van der Waals surface area contributed by atoms with Gasteiger partial charge in [-0.15, -0.1) is 0 Å². The van der Waals surface area contributed by atoms with Crippen molar-refractivity contribution in [3.63, 3.8) is 0 Å². The summed E-state index contributed by atoms with van der Waals surface area (Å²) in [4.78, 5) is 40.8. The van der Waals surface area contributed by atoms with Crippen molar-refractivity contribution in [3.8, 4) is 0 Å². The summed E-state index contributed by atoms with van der Waals surface area (Å²) in [5, 5.41) is 5.11. The van der Waals surface area contributed by atoms with Crippen LogP contribution in [-0.4, -0.2) is 59.9 Å². The van der Waals surface area contributed by atoms with Gasteiger partial charge in [-0.2, -0.15) is 0 Å². The average molecular weight is 323 g/mol. The number of urea groups is 1. The number of hydrogen-bond donors (Lipinski definition) is 4. The first-order valence-corrected chi connectivity index (χ1v) is 7.88. The molecule has 0 aromatic rings. The molecule has 0 aromatic heterocycles. The van der Waals surface area contributed by atoms with Crippen LogP contribution in [0.3, 0.4) is 0 Å². The predicted octanol–water partition coefficient (Wildman–Crippen LogP) is -0.181. The van der Waals surface area contributed by atoms with Gasteiger partial charge in [-0.25, -0.2) is 9.36 Å². The summed E-state index contributed by atoms with van der Waals surface area (Å²) in [6.45, 7) is 4.37. The van der Waals surface area contributed by atoms with Gasteiger partial charge in [0.25, 0.3) is 0 Å². The van der Waals surface area contributed by atoms with Crippen LogP contribution in [0.15, 0.2) is 12.7 Å². The van der Waals surface area contributed by atoms with Crippen molar-refractivity contribution < 1.29 is 28.5 Å². The van der Waals surface area contributed by atoms with Gasteiger partial charge in [0, 0.05) is 26.7 Å². The number of nitrogens with zero attached hydrogens (tertiary/aromatic N) is 1. The highest BCUT2D eigenvalue weighted by atomic mass is 31.2. The first kappa shape index (κ1) is 19.6. The number of nitrogens with one attached hydrogen (secondary N) is 2. The summed E-state index contributed by atoms with van der Waals surface area (Å²) in [6.07, 6.45) is 2.11. The molecule has 0 saturated heterocycles. The quantitative estimate of drug-likeness (QED) is 0.251. The molecule has 0 radical (unpaired) electrons. The van der Waals surface area contributed by atoms with E-state index in [1.54, 1.807) is 7.05 Å². The lowest BCUT2D eigenvalue weighted by atomic mass is 10.4. The lowest BCUT2D eigenvalue weighted by Crippen LogP contribution is -2.38. The topological polar surface area (TPSA) is 128 Å². The molecule has 0 aliphatic heterocycles. The van der Waals surface area contributed by atoms with Gasteiger partial charge in [0.15, 0.2) is 0 Å². The maximum Gasteiger partial charge on any atom is 0.469 e. The maximum absolute atomic E-state index is 11.3. The van der Waals surface area contributed by atoms with Crippen LogP contribution in [0.1, 0.15) is 12.8 Å². The van der Waals surface area contributed by atoms with Gasteiger partial charge >= 0.3 is 13.9 Å². The van der Waals surface area contributed by atoms with Crippen molar-refractivity contribution in [2.45, 2.75) is 12.8 Å². The lowest BCUT2D eigenvalue weighted by Gasteiger charge is -2.15. The molecule has 0 bridgehead atoms. The van der Waals surface area contributed by atoms with Crippen LogP contribution in [0.4, 0.5) is 4.79 Å². The van der Waals surface area contributed by atoms with E-state index in [4.69, 9.17) is 9.79 Å². The smallest absolute Gasteiger partial charge is 0.342 e. The number of phosphoric acid groups is 1. The highest BCUT2D eigenvalue weighted by molar-refractivity contribution is 7.46. The minimum Gasteiger partial charge on any atom is -0.342 e. The normalized spacial score (nSPS) is 10.8. The third-order valence-electron chi connectivity index (χ3n) is 2.37.